The molecule has 1 amide bonds. The number of anilines is 1. The van der Waals surface area contributed by atoms with Crippen LogP contribution in [-0.4, -0.2) is 24.2 Å². The van der Waals surface area contributed by atoms with Crippen LogP contribution in [0.2, 0.25) is 0 Å². The van der Waals surface area contributed by atoms with Gasteiger partial charge in [-0.3, -0.25) is 4.79 Å². The van der Waals surface area contributed by atoms with Crippen molar-refractivity contribution in [3.63, 3.8) is 0 Å². The van der Waals surface area contributed by atoms with Gasteiger partial charge in [0.2, 0.25) is 0 Å². The lowest BCUT2D eigenvalue weighted by atomic mass is 9.83. The molecule has 0 saturated heterocycles. The van der Waals surface area contributed by atoms with Crippen LogP contribution < -0.4 is 10.1 Å². The van der Waals surface area contributed by atoms with Crippen molar-refractivity contribution in [3.8, 4) is 5.75 Å². The number of ether oxygens (including phenoxy) is 2. The number of rotatable bonds is 7. The summed E-state index contributed by atoms with van der Waals surface area (Å²) >= 11 is 0. The summed E-state index contributed by atoms with van der Waals surface area (Å²) in [5, 5.41) is 3.05. The summed E-state index contributed by atoms with van der Waals surface area (Å²) in [5.41, 5.74) is 1.17. The Balaban J connectivity index is 2.09. The Hall–Kier alpha value is -1.55. The number of amides is 1. The summed E-state index contributed by atoms with van der Waals surface area (Å²) in [6, 6.07) is 5.81. The first kappa shape index (κ1) is 18.8. The molecule has 1 aliphatic carbocycles. The molecule has 0 unspecified atom stereocenters. The van der Waals surface area contributed by atoms with Crippen LogP contribution in [0.15, 0.2) is 18.2 Å². The highest BCUT2D eigenvalue weighted by molar-refractivity contribution is 5.97. The molecule has 0 heterocycles. The largest absolute Gasteiger partial charge is 0.490 e. The zero-order valence-electron chi connectivity index (χ0n) is 15.5. The SMILES string of the molecule is CCOC1(C(=O)Nc2ccc(O[C@@H](C)CC)c(C)c2)CCCCC1. The van der Waals surface area contributed by atoms with Gasteiger partial charge in [0.15, 0.2) is 0 Å². The van der Waals surface area contributed by atoms with E-state index in [1.807, 2.05) is 32.0 Å². The fourth-order valence-electron chi connectivity index (χ4n) is 3.24. The van der Waals surface area contributed by atoms with E-state index in [4.69, 9.17) is 9.47 Å². The van der Waals surface area contributed by atoms with Gasteiger partial charge in [0.05, 0.1) is 6.10 Å². The summed E-state index contributed by atoms with van der Waals surface area (Å²) in [6.45, 7) is 8.69. The molecule has 1 aromatic rings. The molecule has 1 aromatic carbocycles. The average molecular weight is 333 g/mol. The van der Waals surface area contributed by atoms with Crippen molar-refractivity contribution >= 4 is 11.6 Å². The molecule has 0 bridgehead atoms. The number of carbonyl (C=O) groups excluding carboxylic acids is 1. The second kappa shape index (κ2) is 8.52. The zero-order chi connectivity index (χ0) is 17.6. The highest BCUT2D eigenvalue weighted by Crippen LogP contribution is 2.33. The Bertz CT molecular complexity index is 544. The van der Waals surface area contributed by atoms with Crippen LogP contribution in [0.1, 0.15) is 64.9 Å². The number of hydrogen-bond acceptors (Lipinski definition) is 3. The smallest absolute Gasteiger partial charge is 0.256 e. The normalized spacial score (nSPS) is 18.0. The molecule has 0 spiro atoms. The molecular formula is C20H31NO3. The zero-order valence-corrected chi connectivity index (χ0v) is 15.5. The fourth-order valence-corrected chi connectivity index (χ4v) is 3.24. The van der Waals surface area contributed by atoms with Crippen molar-refractivity contribution in [2.24, 2.45) is 0 Å². The minimum Gasteiger partial charge on any atom is -0.490 e. The van der Waals surface area contributed by atoms with Crippen molar-refractivity contribution in [3.05, 3.63) is 23.8 Å². The molecule has 24 heavy (non-hydrogen) atoms. The minimum atomic E-state index is -0.660. The molecule has 0 radical (unpaired) electrons. The summed E-state index contributed by atoms with van der Waals surface area (Å²) in [7, 11) is 0. The molecule has 0 aromatic heterocycles. The molecule has 1 aliphatic rings. The standard InChI is InChI=1S/C20H31NO3/c1-5-16(4)24-18-11-10-17(14-15(18)3)21-19(22)20(23-6-2)12-8-7-9-13-20/h10-11,14,16H,5-9,12-13H2,1-4H3,(H,21,22)/t16-/m0/s1. The van der Waals surface area contributed by atoms with E-state index in [2.05, 4.69) is 19.2 Å². The summed E-state index contributed by atoms with van der Waals surface area (Å²) in [4.78, 5) is 12.8. The summed E-state index contributed by atoms with van der Waals surface area (Å²) in [5.74, 6) is 0.860. The molecule has 1 N–H and O–H groups in total. The topological polar surface area (TPSA) is 47.6 Å². The van der Waals surface area contributed by atoms with Gasteiger partial charge in [-0.25, -0.2) is 0 Å². The molecule has 4 nitrogen and oxygen atoms in total. The maximum absolute atomic E-state index is 12.8. The second-order valence-electron chi connectivity index (χ2n) is 6.76. The molecule has 1 saturated carbocycles. The van der Waals surface area contributed by atoms with E-state index in [-0.39, 0.29) is 12.0 Å². The fraction of sp³-hybridized carbons (Fsp3) is 0.650. The predicted molar refractivity (Wildman–Crippen MR) is 97.6 cm³/mol. The van der Waals surface area contributed by atoms with Crippen LogP contribution in [0.25, 0.3) is 0 Å². The summed E-state index contributed by atoms with van der Waals surface area (Å²) in [6.07, 6.45) is 6.05. The lowest BCUT2D eigenvalue weighted by Crippen LogP contribution is -2.47. The Morgan fingerprint density at radius 3 is 2.54 bits per heavy atom. The van der Waals surface area contributed by atoms with Gasteiger partial charge in [0, 0.05) is 12.3 Å². The molecule has 4 heteroatoms. The van der Waals surface area contributed by atoms with Crippen molar-refractivity contribution in [1.29, 1.82) is 0 Å². The van der Waals surface area contributed by atoms with Crippen molar-refractivity contribution < 1.29 is 14.3 Å². The van der Waals surface area contributed by atoms with E-state index < -0.39 is 5.60 Å². The molecule has 1 fully saturated rings. The van der Waals surface area contributed by atoms with E-state index in [1.165, 1.54) is 6.42 Å². The van der Waals surface area contributed by atoms with Crippen LogP contribution in [0, 0.1) is 6.92 Å². The van der Waals surface area contributed by atoms with Gasteiger partial charge in [-0.2, -0.15) is 0 Å². The molecule has 134 valence electrons. The Labute approximate surface area is 145 Å². The van der Waals surface area contributed by atoms with Crippen LogP contribution >= 0.6 is 0 Å². The highest BCUT2D eigenvalue weighted by atomic mass is 16.5. The van der Waals surface area contributed by atoms with Gasteiger partial charge in [-0.1, -0.05) is 26.2 Å². The van der Waals surface area contributed by atoms with Crippen LogP contribution in [0.3, 0.4) is 0 Å². The van der Waals surface area contributed by atoms with E-state index in [0.717, 1.165) is 49.1 Å². The Morgan fingerprint density at radius 1 is 1.25 bits per heavy atom. The predicted octanol–water partition coefficient (Wildman–Crippen LogP) is 4.85. The third-order valence-corrected chi connectivity index (χ3v) is 4.83. The van der Waals surface area contributed by atoms with Crippen LogP contribution in [-0.2, 0) is 9.53 Å². The van der Waals surface area contributed by atoms with Gasteiger partial charge in [0.25, 0.3) is 5.91 Å². The number of aryl methyl sites for hydroxylation is 1. The highest BCUT2D eigenvalue weighted by Gasteiger charge is 2.40. The Morgan fingerprint density at radius 2 is 1.96 bits per heavy atom. The van der Waals surface area contributed by atoms with Gasteiger partial charge >= 0.3 is 0 Å². The number of hydrogen-bond donors (Lipinski definition) is 1. The monoisotopic (exact) mass is 333 g/mol. The lowest BCUT2D eigenvalue weighted by Gasteiger charge is -2.35. The van der Waals surface area contributed by atoms with Gasteiger partial charge in [-0.15, -0.1) is 0 Å². The second-order valence-corrected chi connectivity index (χ2v) is 6.76. The average Bonchev–Trinajstić information content (AvgIpc) is 2.58. The minimum absolute atomic E-state index is 0.0148. The van der Waals surface area contributed by atoms with Crippen LogP contribution in [0.5, 0.6) is 5.75 Å². The van der Waals surface area contributed by atoms with Crippen molar-refractivity contribution in [2.45, 2.75) is 77.9 Å². The molecular weight excluding hydrogens is 302 g/mol. The molecule has 1 atom stereocenters. The lowest BCUT2D eigenvalue weighted by molar-refractivity contribution is -0.145. The van der Waals surface area contributed by atoms with E-state index in [1.54, 1.807) is 0 Å². The molecule has 0 aliphatic heterocycles. The number of nitrogens with one attached hydrogen (secondary N) is 1. The van der Waals surface area contributed by atoms with Crippen LogP contribution in [0.4, 0.5) is 5.69 Å². The maximum atomic E-state index is 12.8. The Kier molecular flexibility index (Phi) is 6.67. The quantitative estimate of drug-likeness (QED) is 0.776. The first-order valence-electron chi connectivity index (χ1n) is 9.23. The summed E-state index contributed by atoms with van der Waals surface area (Å²) < 4.78 is 11.8. The van der Waals surface area contributed by atoms with E-state index in [0.29, 0.717) is 6.61 Å². The molecule has 2 rings (SSSR count). The van der Waals surface area contributed by atoms with E-state index >= 15 is 0 Å². The number of carbonyl (C=O) groups is 1. The van der Waals surface area contributed by atoms with Gasteiger partial charge in [0.1, 0.15) is 11.4 Å². The van der Waals surface area contributed by atoms with Gasteiger partial charge in [-0.05, 0) is 63.8 Å². The van der Waals surface area contributed by atoms with Gasteiger partial charge < -0.3 is 14.8 Å². The third-order valence-electron chi connectivity index (χ3n) is 4.83. The van der Waals surface area contributed by atoms with E-state index in [9.17, 15) is 4.79 Å². The first-order valence-corrected chi connectivity index (χ1v) is 9.23. The number of benzene rings is 1. The van der Waals surface area contributed by atoms with Crippen molar-refractivity contribution in [1.82, 2.24) is 0 Å². The first-order chi connectivity index (χ1) is 11.5. The maximum Gasteiger partial charge on any atom is 0.256 e. The van der Waals surface area contributed by atoms with Crippen molar-refractivity contribution in [2.75, 3.05) is 11.9 Å². The third kappa shape index (κ3) is 4.50.